The van der Waals surface area contributed by atoms with Crippen molar-refractivity contribution < 1.29 is 0 Å². The van der Waals surface area contributed by atoms with E-state index in [1.807, 2.05) is 0 Å². The normalized spacial score (nSPS) is 9.86. The molecule has 0 aromatic rings. The second-order valence-electron chi connectivity index (χ2n) is 1.28. The largest absolute Gasteiger partial charge is 0.145 e. The maximum atomic E-state index is 9.34. The predicted molar refractivity (Wildman–Crippen MR) is 29.8 cm³/mol. The first-order valence-electron chi connectivity index (χ1n) is 2.39. The summed E-state index contributed by atoms with van der Waals surface area (Å²) >= 11 is 0. The zero-order chi connectivity index (χ0) is 5.54. The summed E-state index contributed by atoms with van der Waals surface area (Å²) in [5.74, 6) is 0. The van der Waals surface area contributed by atoms with Crippen molar-refractivity contribution in [3.8, 4) is 0 Å². The summed E-state index contributed by atoms with van der Waals surface area (Å²) in [7, 11) is 0. The van der Waals surface area contributed by atoms with E-state index in [0.29, 0.717) is 0 Å². The minimum absolute atomic E-state index is 0.950. The number of hydrogen-bond acceptors (Lipinski definition) is 2. The highest BCUT2D eigenvalue weighted by Gasteiger charge is 1.68. The Morgan fingerprint density at radius 2 is 2.43 bits per heavy atom. The van der Waals surface area contributed by atoms with Crippen molar-refractivity contribution in [1.29, 1.82) is 0 Å². The average Bonchev–Trinajstić information content (AvgIpc) is 1.69. The van der Waals surface area contributed by atoms with Gasteiger partial charge in [-0.05, 0) is 11.6 Å². The van der Waals surface area contributed by atoms with Gasteiger partial charge in [-0.2, -0.15) is 0 Å². The van der Waals surface area contributed by atoms with E-state index in [-0.39, 0.29) is 0 Å². The van der Waals surface area contributed by atoms with Crippen LogP contribution in [0.2, 0.25) is 0 Å². The first-order valence-corrected chi connectivity index (χ1v) is 2.39. The Bertz CT molecular complexity index is 68.5. The van der Waals surface area contributed by atoms with Gasteiger partial charge in [0.25, 0.3) is 0 Å². The average molecular weight is 99.1 g/mol. The van der Waals surface area contributed by atoms with Gasteiger partial charge in [0.15, 0.2) is 0 Å². The standard InChI is InChI=1S/C5H9NO/c1-2-3-4-5-6-7/h4-5H,2-3H2,1H3/b5-4+. The third kappa shape index (κ3) is 5.34. The van der Waals surface area contributed by atoms with Crippen molar-refractivity contribution in [2.75, 3.05) is 0 Å². The van der Waals surface area contributed by atoms with Crippen LogP contribution in [0, 0.1) is 4.91 Å². The van der Waals surface area contributed by atoms with Crippen molar-refractivity contribution in [2.24, 2.45) is 5.18 Å². The van der Waals surface area contributed by atoms with Crippen molar-refractivity contribution in [2.45, 2.75) is 19.8 Å². The van der Waals surface area contributed by atoms with Crippen LogP contribution >= 0.6 is 0 Å². The molecule has 2 nitrogen and oxygen atoms in total. The molecule has 40 valence electrons. The van der Waals surface area contributed by atoms with Crippen LogP contribution in [0.15, 0.2) is 17.5 Å². The van der Waals surface area contributed by atoms with Crippen LogP contribution in [0.1, 0.15) is 19.8 Å². The highest BCUT2D eigenvalue weighted by atomic mass is 16.2. The fourth-order valence-corrected chi connectivity index (χ4v) is 0.284. The summed E-state index contributed by atoms with van der Waals surface area (Å²) in [5.41, 5.74) is 0. The van der Waals surface area contributed by atoms with E-state index >= 15 is 0 Å². The Kier molecular flexibility index (Phi) is 4.84. The molecule has 0 unspecified atom stereocenters. The molecule has 0 rings (SSSR count). The second-order valence-corrected chi connectivity index (χ2v) is 1.28. The van der Waals surface area contributed by atoms with Gasteiger partial charge < -0.3 is 0 Å². The van der Waals surface area contributed by atoms with Crippen molar-refractivity contribution in [3.63, 3.8) is 0 Å². The lowest BCUT2D eigenvalue weighted by atomic mass is 10.3. The molecule has 2 heteroatoms. The van der Waals surface area contributed by atoms with Gasteiger partial charge in [-0.3, -0.25) is 0 Å². The first kappa shape index (κ1) is 6.34. The van der Waals surface area contributed by atoms with E-state index in [9.17, 15) is 4.91 Å². The van der Waals surface area contributed by atoms with Gasteiger partial charge in [-0.25, -0.2) is 0 Å². The number of rotatable bonds is 3. The third-order valence-electron chi connectivity index (χ3n) is 0.622. The number of nitrogens with zero attached hydrogens (tertiary/aromatic N) is 1. The molecular weight excluding hydrogens is 90.1 g/mol. The van der Waals surface area contributed by atoms with Gasteiger partial charge in [-0.15, -0.1) is 4.91 Å². The Morgan fingerprint density at radius 1 is 1.71 bits per heavy atom. The van der Waals surface area contributed by atoms with Crippen LogP contribution < -0.4 is 0 Å². The zero-order valence-corrected chi connectivity index (χ0v) is 4.42. The van der Waals surface area contributed by atoms with E-state index in [2.05, 4.69) is 12.1 Å². The number of hydrogen-bond donors (Lipinski definition) is 0. The third-order valence-corrected chi connectivity index (χ3v) is 0.622. The van der Waals surface area contributed by atoms with Crippen molar-refractivity contribution in [3.05, 3.63) is 17.2 Å². The zero-order valence-electron chi connectivity index (χ0n) is 4.42. The molecule has 0 aliphatic carbocycles. The molecule has 0 bridgehead atoms. The Labute approximate surface area is 43.2 Å². The molecule has 0 saturated carbocycles. The molecule has 0 aliphatic rings. The van der Waals surface area contributed by atoms with Gasteiger partial charge in [0.2, 0.25) is 0 Å². The second kappa shape index (κ2) is 5.34. The Hall–Kier alpha value is -0.660. The van der Waals surface area contributed by atoms with E-state index < -0.39 is 0 Å². The van der Waals surface area contributed by atoms with Crippen LogP contribution in [0.3, 0.4) is 0 Å². The first-order chi connectivity index (χ1) is 3.41. The fraction of sp³-hybridized carbons (Fsp3) is 0.600. The van der Waals surface area contributed by atoms with E-state index in [1.54, 1.807) is 6.08 Å². The van der Waals surface area contributed by atoms with Crippen molar-refractivity contribution >= 4 is 0 Å². The summed E-state index contributed by atoms with van der Waals surface area (Å²) in [6.45, 7) is 2.05. The lowest BCUT2D eigenvalue weighted by Gasteiger charge is -1.75. The quantitative estimate of drug-likeness (QED) is 0.498. The molecule has 0 aromatic heterocycles. The van der Waals surface area contributed by atoms with Gasteiger partial charge in [0, 0.05) is 0 Å². The lowest BCUT2D eigenvalue weighted by Crippen LogP contribution is -1.56. The topological polar surface area (TPSA) is 29.4 Å². The minimum Gasteiger partial charge on any atom is -0.145 e. The Balaban J connectivity index is 2.92. The van der Waals surface area contributed by atoms with E-state index in [1.165, 1.54) is 6.20 Å². The van der Waals surface area contributed by atoms with Gasteiger partial charge in [0.1, 0.15) is 0 Å². The highest BCUT2D eigenvalue weighted by Crippen LogP contribution is 1.86. The number of unbranched alkanes of at least 4 members (excludes halogenated alkanes) is 1. The molecule has 0 heterocycles. The van der Waals surface area contributed by atoms with Gasteiger partial charge >= 0.3 is 0 Å². The summed E-state index contributed by atoms with van der Waals surface area (Å²) in [6.07, 6.45) is 5.06. The smallest absolute Gasteiger partial charge is 0.0675 e. The Morgan fingerprint density at radius 3 is 2.86 bits per heavy atom. The summed E-state index contributed by atoms with van der Waals surface area (Å²) in [4.78, 5) is 9.34. The van der Waals surface area contributed by atoms with Crippen LogP contribution in [-0.2, 0) is 0 Å². The minimum atomic E-state index is 0.950. The SMILES string of the molecule is CCC/C=C/N=O. The van der Waals surface area contributed by atoms with Crippen LogP contribution in [0.5, 0.6) is 0 Å². The predicted octanol–water partition coefficient (Wildman–Crippen LogP) is 2.07. The maximum Gasteiger partial charge on any atom is 0.0675 e. The molecule has 0 N–H and O–H groups in total. The molecule has 0 amide bonds. The van der Waals surface area contributed by atoms with Crippen LogP contribution in [0.4, 0.5) is 0 Å². The molecule has 7 heavy (non-hydrogen) atoms. The molecule has 0 fully saturated rings. The van der Waals surface area contributed by atoms with Crippen LogP contribution in [-0.4, -0.2) is 0 Å². The monoisotopic (exact) mass is 99.1 g/mol. The van der Waals surface area contributed by atoms with Gasteiger partial charge in [-0.1, -0.05) is 19.4 Å². The van der Waals surface area contributed by atoms with Crippen LogP contribution in [0.25, 0.3) is 0 Å². The fourth-order valence-electron chi connectivity index (χ4n) is 0.284. The molecule has 0 spiro atoms. The molecular formula is C5H9NO. The van der Waals surface area contributed by atoms with Crippen molar-refractivity contribution in [1.82, 2.24) is 0 Å². The molecule has 0 atom stereocenters. The highest BCUT2D eigenvalue weighted by molar-refractivity contribution is 4.77. The van der Waals surface area contributed by atoms with E-state index in [0.717, 1.165) is 12.8 Å². The van der Waals surface area contributed by atoms with E-state index in [4.69, 9.17) is 0 Å². The lowest BCUT2D eigenvalue weighted by molar-refractivity contribution is 0.956. The molecule has 0 radical (unpaired) electrons. The number of allylic oxidation sites excluding steroid dienone is 1. The summed E-state index contributed by atoms with van der Waals surface area (Å²) < 4.78 is 0. The van der Waals surface area contributed by atoms with Gasteiger partial charge in [0.05, 0.1) is 6.20 Å². The maximum absolute atomic E-state index is 9.34. The molecule has 0 aromatic carbocycles. The summed E-state index contributed by atoms with van der Waals surface area (Å²) in [6, 6.07) is 0. The molecule has 0 aliphatic heterocycles. The molecule has 0 saturated heterocycles. The number of nitroso groups, excluding NO2 is 1. The summed E-state index contributed by atoms with van der Waals surface area (Å²) in [5, 5.41) is 2.54.